The van der Waals surface area contributed by atoms with Crippen LogP contribution in [0.2, 0.25) is 5.02 Å². The van der Waals surface area contributed by atoms with Crippen LogP contribution in [0.4, 0.5) is 8.78 Å². The minimum atomic E-state index is -3.37. The van der Waals surface area contributed by atoms with Crippen molar-refractivity contribution < 1.29 is 13.5 Å². The molecule has 2 aromatic rings. The van der Waals surface area contributed by atoms with Crippen LogP contribution in [0.3, 0.4) is 0 Å². The molecule has 8 heteroatoms. The Morgan fingerprint density at radius 3 is 2.73 bits per heavy atom. The van der Waals surface area contributed by atoms with Gasteiger partial charge in [0.05, 0.1) is 18.0 Å². The van der Waals surface area contributed by atoms with Crippen LogP contribution in [-0.4, -0.2) is 9.97 Å². The van der Waals surface area contributed by atoms with Crippen molar-refractivity contribution in [1.82, 2.24) is 9.97 Å². The second kappa shape index (κ2) is 5.73. The largest absolute Gasteiger partial charge is 0.449 e. The number of H-pyrrole nitrogens is 1. The first-order chi connectivity index (χ1) is 10.2. The Hall–Kier alpha value is -2.46. The number of hydrogen-bond donors (Lipinski definition) is 1. The number of hydrogen-bond acceptors (Lipinski definition) is 4. The van der Waals surface area contributed by atoms with Crippen molar-refractivity contribution >= 4 is 11.6 Å². The van der Waals surface area contributed by atoms with Crippen LogP contribution in [0, 0.1) is 18.3 Å². The van der Waals surface area contributed by atoms with Crippen molar-refractivity contribution in [2.75, 3.05) is 0 Å². The minimum Gasteiger partial charge on any atom is -0.449 e. The van der Waals surface area contributed by atoms with E-state index in [1.54, 1.807) is 6.92 Å². The third kappa shape index (κ3) is 3.07. The Kier molecular flexibility index (Phi) is 4.15. The first kappa shape index (κ1) is 15.9. The summed E-state index contributed by atoms with van der Waals surface area (Å²) >= 11 is 5.86. The van der Waals surface area contributed by atoms with Gasteiger partial charge in [-0.25, -0.2) is 4.98 Å². The van der Waals surface area contributed by atoms with E-state index in [0.29, 0.717) is 12.5 Å². The first-order valence-electron chi connectivity index (χ1n) is 6.08. The zero-order valence-corrected chi connectivity index (χ0v) is 12.3. The summed E-state index contributed by atoms with van der Waals surface area (Å²) in [5.41, 5.74) is -1.06. The highest BCUT2D eigenvalue weighted by Crippen LogP contribution is 2.35. The Labute approximate surface area is 129 Å². The number of aromatic nitrogens is 2. The van der Waals surface area contributed by atoms with E-state index >= 15 is 0 Å². The molecule has 114 valence electrons. The van der Waals surface area contributed by atoms with E-state index in [2.05, 4.69) is 9.97 Å². The molecule has 1 aromatic heterocycles. The molecule has 0 aliphatic carbocycles. The highest BCUT2D eigenvalue weighted by Gasteiger charge is 2.32. The molecule has 0 fully saturated rings. The van der Waals surface area contributed by atoms with E-state index in [-0.39, 0.29) is 16.3 Å². The fraction of sp³-hybridized carbons (Fsp3) is 0.214. The molecular formula is C14H10ClF2N3O2. The van der Waals surface area contributed by atoms with Crippen molar-refractivity contribution in [3.63, 3.8) is 0 Å². The smallest absolute Gasteiger partial charge is 0.294 e. The van der Waals surface area contributed by atoms with Gasteiger partial charge in [0.2, 0.25) is 5.75 Å². The number of benzene rings is 1. The average Bonchev–Trinajstić information content (AvgIpc) is 2.43. The quantitative estimate of drug-likeness (QED) is 0.936. The van der Waals surface area contributed by atoms with Gasteiger partial charge in [-0.15, -0.1) is 0 Å². The van der Waals surface area contributed by atoms with Crippen molar-refractivity contribution in [1.29, 1.82) is 5.26 Å². The monoisotopic (exact) mass is 325 g/mol. The lowest BCUT2D eigenvalue weighted by Crippen LogP contribution is -2.19. The van der Waals surface area contributed by atoms with E-state index in [1.807, 2.05) is 6.07 Å². The Bertz CT molecular complexity index is 822. The molecule has 0 radical (unpaired) electrons. The standard InChI is InChI=1S/C14H10ClF2N3O2/c1-7-8(5-18)3-9(15)4-10(7)22-11-12(14(2,16)17)19-6-20-13(11)21/h3-4,6H,1-2H3,(H,19,20,21). The third-order valence-electron chi connectivity index (χ3n) is 2.88. The number of alkyl halides is 2. The summed E-state index contributed by atoms with van der Waals surface area (Å²) in [5.74, 6) is -3.97. The molecule has 2 rings (SSSR count). The fourth-order valence-corrected chi connectivity index (χ4v) is 1.99. The zero-order valence-electron chi connectivity index (χ0n) is 11.6. The van der Waals surface area contributed by atoms with E-state index < -0.39 is 22.9 Å². The second-order valence-electron chi connectivity index (χ2n) is 4.59. The number of nitrogens with one attached hydrogen (secondary N) is 1. The third-order valence-corrected chi connectivity index (χ3v) is 3.10. The number of ether oxygens (including phenoxy) is 1. The summed E-state index contributed by atoms with van der Waals surface area (Å²) in [7, 11) is 0. The van der Waals surface area contributed by atoms with Crippen molar-refractivity contribution in [2.45, 2.75) is 19.8 Å². The highest BCUT2D eigenvalue weighted by atomic mass is 35.5. The molecule has 22 heavy (non-hydrogen) atoms. The van der Waals surface area contributed by atoms with Crippen LogP contribution in [0.1, 0.15) is 23.7 Å². The van der Waals surface area contributed by atoms with Gasteiger partial charge in [0.15, 0.2) is 5.69 Å². The van der Waals surface area contributed by atoms with E-state index in [4.69, 9.17) is 21.6 Å². The predicted molar refractivity (Wildman–Crippen MR) is 75.4 cm³/mol. The van der Waals surface area contributed by atoms with Crippen LogP contribution < -0.4 is 10.3 Å². The molecule has 0 spiro atoms. The van der Waals surface area contributed by atoms with Crippen LogP contribution in [-0.2, 0) is 5.92 Å². The Balaban J connectivity index is 2.61. The molecule has 0 amide bonds. The fourth-order valence-electron chi connectivity index (χ4n) is 1.78. The molecule has 5 nitrogen and oxygen atoms in total. The van der Waals surface area contributed by atoms with Gasteiger partial charge in [-0.2, -0.15) is 14.0 Å². The molecule has 1 heterocycles. The van der Waals surface area contributed by atoms with Crippen molar-refractivity contribution in [3.05, 3.63) is 50.7 Å². The van der Waals surface area contributed by atoms with Gasteiger partial charge in [-0.3, -0.25) is 4.79 Å². The molecule has 0 atom stereocenters. The lowest BCUT2D eigenvalue weighted by molar-refractivity contribution is 0.0103. The van der Waals surface area contributed by atoms with Gasteiger partial charge < -0.3 is 9.72 Å². The topological polar surface area (TPSA) is 78.8 Å². The lowest BCUT2D eigenvalue weighted by atomic mass is 10.1. The second-order valence-corrected chi connectivity index (χ2v) is 5.02. The van der Waals surface area contributed by atoms with Gasteiger partial charge in [0, 0.05) is 17.5 Å². The van der Waals surface area contributed by atoms with Crippen molar-refractivity contribution in [2.24, 2.45) is 0 Å². The summed E-state index contributed by atoms with van der Waals surface area (Å²) < 4.78 is 32.4. The molecule has 0 unspecified atom stereocenters. The van der Waals surface area contributed by atoms with Crippen LogP contribution >= 0.6 is 11.6 Å². The molecular weight excluding hydrogens is 316 g/mol. The van der Waals surface area contributed by atoms with Crippen molar-refractivity contribution in [3.8, 4) is 17.6 Å². The number of rotatable bonds is 3. The van der Waals surface area contributed by atoms with Gasteiger partial charge >= 0.3 is 0 Å². The first-order valence-corrected chi connectivity index (χ1v) is 6.46. The maximum atomic E-state index is 13.5. The van der Waals surface area contributed by atoms with E-state index in [0.717, 1.165) is 6.33 Å². The van der Waals surface area contributed by atoms with Gasteiger partial charge in [-0.05, 0) is 19.1 Å². The predicted octanol–water partition coefficient (Wildman–Crippen LogP) is 3.51. The summed E-state index contributed by atoms with van der Waals surface area (Å²) in [4.78, 5) is 17.4. The summed E-state index contributed by atoms with van der Waals surface area (Å²) in [6.07, 6.45) is 0.869. The van der Waals surface area contributed by atoms with Gasteiger partial charge in [-0.1, -0.05) is 11.6 Å². The molecule has 0 aliphatic rings. The van der Waals surface area contributed by atoms with E-state index in [1.165, 1.54) is 12.1 Å². The Morgan fingerprint density at radius 1 is 1.45 bits per heavy atom. The molecule has 0 saturated carbocycles. The molecule has 1 N–H and O–H groups in total. The van der Waals surface area contributed by atoms with Gasteiger partial charge in [0.25, 0.3) is 11.5 Å². The summed E-state index contributed by atoms with van der Waals surface area (Å²) in [6.45, 7) is 2.16. The maximum absolute atomic E-state index is 13.5. The molecule has 0 bridgehead atoms. The average molecular weight is 326 g/mol. The molecule has 0 aliphatic heterocycles. The number of nitriles is 1. The van der Waals surface area contributed by atoms with Crippen LogP contribution in [0.15, 0.2) is 23.3 Å². The molecule has 1 aromatic carbocycles. The number of halogens is 3. The van der Waals surface area contributed by atoms with Crippen LogP contribution in [0.5, 0.6) is 11.5 Å². The zero-order chi connectivity index (χ0) is 16.5. The Morgan fingerprint density at radius 2 is 2.14 bits per heavy atom. The normalized spacial score (nSPS) is 11.1. The SMILES string of the molecule is Cc1c(C#N)cc(Cl)cc1Oc1c(C(C)(F)F)nc[nH]c1=O. The summed E-state index contributed by atoms with van der Waals surface area (Å²) in [6, 6.07) is 4.65. The van der Waals surface area contributed by atoms with Crippen LogP contribution in [0.25, 0.3) is 0 Å². The summed E-state index contributed by atoms with van der Waals surface area (Å²) in [5, 5.41) is 9.19. The number of nitrogens with zero attached hydrogens (tertiary/aromatic N) is 2. The minimum absolute atomic E-state index is 0.0352. The maximum Gasteiger partial charge on any atom is 0.294 e. The van der Waals surface area contributed by atoms with Gasteiger partial charge in [0.1, 0.15) is 5.75 Å². The van der Waals surface area contributed by atoms with E-state index in [9.17, 15) is 13.6 Å². The molecule has 0 saturated heterocycles. The lowest BCUT2D eigenvalue weighted by Gasteiger charge is -2.15. The highest BCUT2D eigenvalue weighted by molar-refractivity contribution is 6.30. The number of aromatic amines is 1.